The fourth-order valence-electron chi connectivity index (χ4n) is 5.61. The molecule has 0 bridgehead atoms. The van der Waals surface area contributed by atoms with E-state index in [4.69, 9.17) is 0 Å². The molecule has 2 nitrogen and oxygen atoms in total. The Kier molecular flexibility index (Phi) is 6.03. The fourth-order valence-corrected chi connectivity index (χ4v) is 5.61. The van der Waals surface area contributed by atoms with Gasteiger partial charge in [0.25, 0.3) is 0 Å². The topological polar surface area (TPSA) is 40.5 Å². The molecule has 0 amide bonds. The van der Waals surface area contributed by atoms with Gasteiger partial charge in [-0.25, -0.2) is 0 Å². The van der Waals surface area contributed by atoms with E-state index in [1.807, 2.05) is 26.0 Å². The van der Waals surface area contributed by atoms with Crippen molar-refractivity contribution in [3.05, 3.63) is 58.7 Å². The van der Waals surface area contributed by atoms with Crippen LogP contribution in [0.5, 0.6) is 11.5 Å². The molecule has 2 N–H and O–H groups in total. The van der Waals surface area contributed by atoms with Crippen LogP contribution in [-0.2, 0) is 5.41 Å². The Balaban J connectivity index is 2.00. The van der Waals surface area contributed by atoms with E-state index in [0.29, 0.717) is 22.8 Å². The van der Waals surface area contributed by atoms with E-state index < -0.39 is 0 Å². The first-order valence-electron chi connectivity index (χ1n) is 11.1. The molecule has 29 heavy (non-hydrogen) atoms. The average molecular weight is 395 g/mol. The van der Waals surface area contributed by atoms with E-state index in [1.165, 1.54) is 36.8 Å². The maximum atomic E-state index is 10.1. The van der Waals surface area contributed by atoms with Gasteiger partial charge < -0.3 is 10.2 Å². The highest BCUT2D eigenvalue weighted by Crippen LogP contribution is 2.49. The van der Waals surface area contributed by atoms with Gasteiger partial charge >= 0.3 is 0 Å². The SMILES string of the molecule is Cc1cc(C(C)(CCC2C(C)CCCC2(C)C)c2ccc(O)c(C)c2)ccc1O. The third-order valence-electron chi connectivity index (χ3n) is 7.79. The molecule has 2 aromatic rings. The van der Waals surface area contributed by atoms with Crippen molar-refractivity contribution in [3.8, 4) is 11.5 Å². The molecule has 0 spiro atoms. The first-order valence-corrected chi connectivity index (χ1v) is 11.1. The molecule has 0 radical (unpaired) electrons. The summed E-state index contributed by atoms with van der Waals surface area (Å²) >= 11 is 0. The number of benzene rings is 2. The molecule has 158 valence electrons. The van der Waals surface area contributed by atoms with E-state index in [0.717, 1.165) is 23.5 Å². The van der Waals surface area contributed by atoms with E-state index >= 15 is 0 Å². The zero-order chi connectivity index (χ0) is 21.4. The summed E-state index contributed by atoms with van der Waals surface area (Å²) in [5, 5.41) is 20.1. The summed E-state index contributed by atoms with van der Waals surface area (Å²) < 4.78 is 0. The molecule has 0 aliphatic heterocycles. The molecular weight excluding hydrogens is 356 g/mol. The molecule has 1 fully saturated rings. The highest BCUT2D eigenvalue weighted by atomic mass is 16.3. The molecular formula is C27H38O2. The smallest absolute Gasteiger partial charge is 0.118 e. The number of hydrogen-bond acceptors (Lipinski definition) is 2. The Morgan fingerprint density at radius 1 is 0.966 bits per heavy atom. The van der Waals surface area contributed by atoms with E-state index in [2.05, 4.69) is 52.0 Å². The van der Waals surface area contributed by atoms with Crippen LogP contribution in [0.2, 0.25) is 0 Å². The van der Waals surface area contributed by atoms with Crippen molar-refractivity contribution in [2.75, 3.05) is 0 Å². The molecule has 1 aliphatic rings. The minimum Gasteiger partial charge on any atom is -0.508 e. The second-order valence-corrected chi connectivity index (χ2v) is 10.3. The quantitative estimate of drug-likeness (QED) is 0.560. The van der Waals surface area contributed by atoms with Gasteiger partial charge in [-0.15, -0.1) is 0 Å². The predicted molar refractivity (Wildman–Crippen MR) is 122 cm³/mol. The zero-order valence-corrected chi connectivity index (χ0v) is 19.0. The van der Waals surface area contributed by atoms with Gasteiger partial charge in [-0.1, -0.05) is 64.8 Å². The van der Waals surface area contributed by atoms with Crippen LogP contribution in [-0.4, -0.2) is 10.2 Å². The third-order valence-corrected chi connectivity index (χ3v) is 7.79. The lowest BCUT2D eigenvalue weighted by molar-refractivity contribution is 0.0707. The van der Waals surface area contributed by atoms with Crippen molar-refractivity contribution in [2.24, 2.45) is 17.3 Å². The van der Waals surface area contributed by atoms with Crippen LogP contribution in [0.15, 0.2) is 36.4 Å². The lowest BCUT2D eigenvalue weighted by atomic mass is 9.60. The lowest BCUT2D eigenvalue weighted by Gasteiger charge is -2.45. The van der Waals surface area contributed by atoms with Crippen LogP contribution in [0.3, 0.4) is 0 Å². The molecule has 2 unspecified atom stereocenters. The van der Waals surface area contributed by atoms with Gasteiger partial charge in [0.15, 0.2) is 0 Å². The molecule has 0 heterocycles. The van der Waals surface area contributed by atoms with Gasteiger partial charge in [-0.05, 0) is 84.7 Å². The largest absolute Gasteiger partial charge is 0.508 e. The van der Waals surface area contributed by atoms with Gasteiger partial charge in [-0.2, -0.15) is 0 Å². The van der Waals surface area contributed by atoms with Crippen LogP contribution in [0.1, 0.15) is 82.1 Å². The van der Waals surface area contributed by atoms with E-state index in [9.17, 15) is 10.2 Å². The molecule has 0 saturated heterocycles. The summed E-state index contributed by atoms with van der Waals surface area (Å²) in [5.74, 6) is 2.16. The summed E-state index contributed by atoms with van der Waals surface area (Å²) in [6, 6.07) is 12.0. The van der Waals surface area contributed by atoms with Gasteiger partial charge in [0.05, 0.1) is 0 Å². The highest BCUT2D eigenvalue weighted by Gasteiger charge is 2.39. The lowest BCUT2D eigenvalue weighted by Crippen LogP contribution is -2.35. The van der Waals surface area contributed by atoms with Crippen molar-refractivity contribution < 1.29 is 10.2 Å². The number of aromatic hydroxyl groups is 2. The highest BCUT2D eigenvalue weighted by molar-refractivity contribution is 5.47. The van der Waals surface area contributed by atoms with Crippen molar-refractivity contribution in [2.45, 2.75) is 79.1 Å². The van der Waals surface area contributed by atoms with Gasteiger partial charge in [0, 0.05) is 5.41 Å². The Bertz CT molecular complexity index is 813. The fraction of sp³-hybridized carbons (Fsp3) is 0.556. The second-order valence-electron chi connectivity index (χ2n) is 10.3. The number of phenolic OH excluding ortho intramolecular Hbond substituents is 2. The minimum absolute atomic E-state index is 0.163. The summed E-state index contributed by atoms with van der Waals surface area (Å²) in [7, 11) is 0. The Hall–Kier alpha value is -1.96. The molecule has 3 rings (SSSR count). The maximum absolute atomic E-state index is 10.1. The maximum Gasteiger partial charge on any atom is 0.118 e. The van der Waals surface area contributed by atoms with Crippen LogP contribution < -0.4 is 0 Å². The standard InChI is InChI=1S/C27H38O2/c1-18-8-7-14-26(4,5)23(18)13-15-27(6,21-9-11-24(28)19(2)16-21)22-10-12-25(29)20(3)17-22/h9-12,16-18,23,28-29H,7-8,13-15H2,1-6H3. The number of rotatable bonds is 5. The normalized spacial score (nSPS) is 21.9. The number of phenols is 2. The number of hydrogen-bond donors (Lipinski definition) is 2. The molecule has 0 aromatic heterocycles. The van der Waals surface area contributed by atoms with E-state index in [-0.39, 0.29) is 5.41 Å². The van der Waals surface area contributed by atoms with Crippen LogP contribution in [0.25, 0.3) is 0 Å². The Morgan fingerprint density at radius 2 is 1.48 bits per heavy atom. The summed E-state index contributed by atoms with van der Waals surface area (Å²) in [6.45, 7) is 13.6. The number of aryl methyl sites for hydroxylation is 2. The van der Waals surface area contributed by atoms with Gasteiger partial charge in [0.1, 0.15) is 11.5 Å². The third kappa shape index (κ3) is 4.32. The summed E-state index contributed by atoms with van der Waals surface area (Å²) in [5.41, 5.74) is 4.52. The van der Waals surface area contributed by atoms with Crippen LogP contribution >= 0.6 is 0 Å². The van der Waals surface area contributed by atoms with Crippen molar-refractivity contribution in [1.82, 2.24) is 0 Å². The predicted octanol–water partition coefficient (Wildman–Crippen LogP) is 7.26. The van der Waals surface area contributed by atoms with E-state index in [1.54, 1.807) is 0 Å². The Morgan fingerprint density at radius 3 is 1.93 bits per heavy atom. The second kappa shape index (κ2) is 8.05. The monoisotopic (exact) mass is 394 g/mol. The zero-order valence-electron chi connectivity index (χ0n) is 19.0. The summed E-state index contributed by atoms with van der Waals surface area (Å²) in [6.07, 6.45) is 6.23. The van der Waals surface area contributed by atoms with Gasteiger partial charge in [-0.3, -0.25) is 0 Å². The Labute approximate surface area is 177 Å². The molecule has 2 aromatic carbocycles. The first-order chi connectivity index (χ1) is 13.5. The first kappa shape index (κ1) is 21.7. The molecule has 1 aliphatic carbocycles. The minimum atomic E-state index is -0.163. The molecule has 2 atom stereocenters. The molecule has 2 heteroatoms. The van der Waals surface area contributed by atoms with Crippen LogP contribution in [0, 0.1) is 31.1 Å². The van der Waals surface area contributed by atoms with Crippen molar-refractivity contribution >= 4 is 0 Å². The average Bonchev–Trinajstić information content (AvgIpc) is 2.65. The van der Waals surface area contributed by atoms with Crippen molar-refractivity contribution in [1.29, 1.82) is 0 Å². The van der Waals surface area contributed by atoms with Gasteiger partial charge in [0.2, 0.25) is 0 Å². The summed E-state index contributed by atoms with van der Waals surface area (Å²) in [4.78, 5) is 0. The molecule has 1 saturated carbocycles. The van der Waals surface area contributed by atoms with Crippen molar-refractivity contribution in [3.63, 3.8) is 0 Å². The van der Waals surface area contributed by atoms with Crippen LogP contribution in [0.4, 0.5) is 0 Å².